The first-order chi connectivity index (χ1) is 34.4. The third kappa shape index (κ3) is 8.58. The molecule has 7 aromatic carbocycles. The van der Waals surface area contributed by atoms with E-state index < -0.39 is 34.4 Å². The van der Waals surface area contributed by atoms with E-state index in [2.05, 4.69) is 71.9 Å². The molecule has 2 heterocycles. The Morgan fingerprint density at radius 3 is 2.13 bits per heavy atom. The lowest BCUT2D eigenvalue weighted by Gasteiger charge is -2.41. The summed E-state index contributed by atoms with van der Waals surface area (Å²) in [6.45, 7) is 8.46. The van der Waals surface area contributed by atoms with Gasteiger partial charge in [0.25, 0.3) is 0 Å². The number of hydrogen-bond acceptors (Lipinski definition) is 4. The number of anilines is 1. The van der Waals surface area contributed by atoms with Crippen molar-refractivity contribution in [2.75, 3.05) is 18.0 Å². The fraction of sp³-hybridized carbons (Fsp3) is 0.317. The molecule has 71 heavy (non-hydrogen) atoms. The Morgan fingerprint density at radius 2 is 1.44 bits per heavy atom. The molecule has 11 rings (SSSR count). The fourth-order valence-electron chi connectivity index (χ4n) is 12.4. The number of ether oxygens (including phenoxy) is 2. The molecule has 1 saturated carbocycles. The highest BCUT2D eigenvalue weighted by Gasteiger charge is 2.48. The molecule has 0 aromatic heterocycles. The Kier molecular flexibility index (Phi) is 12.7. The van der Waals surface area contributed by atoms with E-state index >= 15 is 8.78 Å². The average Bonchev–Trinajstić information content (AvgIpc) is 3.64. The first-order valence-corrected chi connectivity index (χ1v) is 26.5. The van der Waals surface area contributed by atoms with Crippen LogP contribution in [-0.2, 0) is 11.0 Å². The van der Waals surface area contributed by atoms with E-state index in [-0.39, 0.29) is 11.1 Å². The van der Waals surface area contributed by atoms with Gasteiger partial charge in [0.15, 0.2) is 5.60 Å². The quantitative estimate of drug-likeness (QED) is 0.0735. The second-order valence-corrected chi connectivity index (χ2v) is 21.7. The van der Waals surface area contributed by atoms with Gasteiger partial charge in [0.1, 0.15) is 29.0 Å². The third-order valence-electron chi connectivity index (χ3n) is 16.0. The van der Waals surface area contributed by atoms with Crippen LogP contribution in [-0.4, -0.2) is 19.1 Å². The minimum absolute atomic E-state index is 0.145. The number of carbonyl (C=O) groups is 1. The number of halogens is 4. The predicted molar refractivity (Wildman–Crippen MR) is 283 cm³/mol. The number of unbranched alkanes of at least 4 members (excludes halogenated alkanes) is 2. The van der Waals surface area contributed by atoms with Crippen molar-refractivity contribution < 1.29 is 27.4 Å². The summed E-state index contributed by atoms with van der Waals surface area (Å²) < 4.78 is 62.1. The average molecular weight is 1020 g/mol. The molecule has 2 aliphatic carbocycles. The smallest absolute Gasteiger partial charge is 0.343 e. The lowest BCUT2D eigenvalue weighted by atomic mass is 9.73. The molecule has 0 N–H and O–H groups in total. The van der Waals surface area contributed by atoms with E-state index in [1.165, 1.54) is 81.5 Å². The zero-order chi connectivity index (χ0) is 49.0. The number of esters is 1. The van der Waals surface area contributed by atoms with Crippen LogP contribution in [0.15, 0.2) is 138 Å². The Bertz CT molecular complexity index is 3170. The zero-order valence-electron chi connectivity index (χ0n) is 40.7. The lowest BCUT2D eigenvalue weighted by Crippen LogP contribution is -2.36. The number of piperidine rings is 1. The monoisotopic (exact) mass is 1010 g/mol. The predicted octanol–water partition coefficient (Wildman–Crippen LogP) is 17.2. The van der Waals surface area contributed by atoms with Gasteiger partial charge in [-0.2, -0.15) is 0 Å². The molecule has 1 saturated heterocycles. The maximum atomic E-state index is 17.1. The van der Waals surface area contributed by atoms with Crippen molar-refractivity contribution in [2.24, 2.45) is 5.92 Å². The molecule has 0 amide bonds. The van der Waals surface area contributed by atoms with Crippen molar-refractivity contribution in [1.82, 2.24) is 0 Å². The minimum Gasteiger partial charge on any atom is -0.472 e. The fourth-order valence-corrected chi connectivity index (χ4v) is 13.3. The van der Waals surface area contributed by atoms with Gasteiger partial charge in [-0.05, 0) is 168 Å². The number of fused-ring (bicyclic) bond motifs is 8. The van der Waals surface area contributed by atoms with Gasteiger partial charge in [-0.15, -0.1) is 0 Å². The molecule has 1 atom stereocenters. The zero-order valence-corrected chi connectivity index (χ0v) is 42.3. The van der Waals surface area contributed by atoms with Gasteiger partial charge in [-0.3, -0.25) is 0 Å². The van der Waals surface area contributed by atoms with Crippen LogP contribution in [0.5, 0.6) is 11.5 Å². The number of nitrogens with zero attached hydrogens (tertiary/aromatic N) is 1. The molecule has 0 radical (unpaired) electrons. The van der Waals surface area contributed by atoms with Crippen LogP contribution >= 0.6 is 15.9 Å². The van der Waals surface area contributed by atoms with Crippen molar-refractivity contribution in [3.63, 3.8) is 0 Å². The highest BCUT2D eigenvalue weighted by Crippen LogP contribution is 2.62. The van der Waals surface area contributed by atoms with Crippen molar-refractivity contribution >= 4 is 43.9 Å². The van der Waals surface area contributed by atoms with E-state index in [9.17, 15) is 9.18 Å². The van der Waals surface area contributed by atoms with Gasteiger partial charge in [0, 0.05) is 51.4 Å². The number of benzene rings is 7. The molecule has 2 fully saturated rings. The van der Waals surface area contributed by atoms with Crippen LogP contribution in [0.1, 0.15) is 147 Å². The van der Waals surface area contributed by atoms with Gasteiger partial charge in [0.2, 0.25) is 0 Å². The summed E-state index contributed by atoms with van der Waals surface area (Å²) in [5.41, 5.74) is 7.59. The molecule has 8 heteroatoms. The molecule has 1 unspecified atom stereocenters. The second-order valence-electron chi connectivity index (χ2n) is 20.8. The molecule has 4 nitrogen and oxygen atoms in total. The molecule has 4 aliphatic rings. The summed E-state index contributed by atoms with van der Waals surface area (Å²) in [5, 5.41) is 0.541. The van der Waals surface area contributed by atoms with Gasteiger partial charge in [0.05, 0.1) is 10.9 Å². The Balaban J connectivity index is 1.02. The summed E-state index contributed by atoms with van der Waals surface area (Å²) in [5.74, 6) is -0.245. The van der Waals surface area contributed by atoms with Crippen LogP contribution in [0.2, 0.25) is 0 Å². The van der Waals surface area contributed by atoms with Gasteiger partial charge in [-0.25, -0.2) is 18.0 Å². The SMILES string of the molecule is CCCCCC1CCC(c2ccc(OC(=O)c3ccc(C4=CC(c5ccc(F)cc5)(c5ccc(N6CCCCC6)cc5)Oc5c4c4c(c6cc(F)cc(F)c56)-c5cccc(Br)c5C4(C)C)cc3)cc2)CC1. The van der Waals surface area contributed by atoms with Crippen LogP contribution in [0.25, 0.3) is 27.5 Å². The lowest BCUT2D eigenvalue weighted by molar-refractivity contribution is 0.0734. The molecule has 0 bridgehead atoms. The van der Waals surface area contributed by atoms with Crippen LogP contribution in [0.4, 0.5) is 18.9 Å². The molecular weight excluding hydrogens is 956 g/mol. The topological polar surface area (TPSA) is 38.8 Å². The highest BCUT2D eigenvalue weighted by molar-refractivity contribution is 9.10. The van der Waals surface area contributed by atoms with Gasteiger partial charge >= 0.3 is 5.97 Å². The number of carbonyl (C=O) groups excluding carboxylic acids is 1. The standard InChI is InChI=1S/C63H59BrF3NO3/c1-4-5-7-11-39-14-16-40(17-15-39)41-22-32-49(33-23-41)70-61(69)43-20-18-42(19-21-43)52-38-63(44-24-28-46(65)29-25-44,45-26-30-48(31-27-45)68-34-8-6-9-35-68)71-60-56-51(36-47(66)37-54(56)67)55-50-12-10-13-53(64)58(50)62(2,3)59(55)57(52)60/h10,12-13,18-33,36-40H,4-9,11,14-17,34-35H2,1-3H3. The molecular formula is C63H59BrF3NO3. The van der Waals surface area contributed by atoms with E-state index in [4.69, 9.17) is 9.47 Å². The normalized spacial score (nSPS) is 20.2. The largest absolute Gasteiger partial charge is 0.472 e. The molecule has 2 aliphatic heterocycles. The molecule has 0 spiro atoms. The van der Waals surface area contributed by atoms with Crippen molar-refractivity contribution in [3.05, 3.63) is 200 Å². The van der Waals surface area contributed by atoms with E-state index in [0.717, 1.165) is 87.0 Å². The Hall–Kier alpha value is -6.12. The van der Waals surface area contributed by atoms with E-state index in [0.29, 0.717) is 33.7 Å². The first kappa shape index (κ1) is 47.2. The van der Waals surface area contributed by atoms with Crippen LogP contribution in [0.3, 0.4) is 0 Å². The number of hydrogen-bond donors (Lipinski definition) is 0. The summed E-state index contributed by atoms with van der Waals surface area (Å²) in [6, 6.07) is 38.1. The third-order valence-corrected chi connectivity index (χ3v) is 16.7. The highest BCUT2D eigenvalue weighted by atomic mass is 79.9. The van der Waals surface area contributed by atoms with Crippen molar-refractivity contribution in [2.45, 2.75) is 108 Å². The summed E-state index contributed by atoms with van der Waals surface area (Å²) in [6.07, 6.45) is 15.7. The Morgan fingerprint density at radius 1 is 0.746 bits per heavy atom. The minimum atomic E-state index is -1.42. The van der Waals surface area contributed by atoms with Crippen LogP contribution in [0, 0.1) is 23.4 Å². The maximum absolute atomic E-state index is 17.1. The second kappa shape index (κ2) is 19.1. The Labute approximate surface area is 424 Å². The van der Waals surface area contributed by atoms with Crippen LogP contribution < -0.4 is 14.4 Å². The summed E-state index contributed by atoms with van der Waals surface area (Å²) in [7, 11) is 0. The van der Waals surface area contributed by atoms with Crippen molar-refractivity contribution in [1.29, 1.82) is 0 Å². The number of rotatable bonds is 11. The van der Waals surface area contributed by atoms with Gasteiger partial charge in [-0.1, -0.05) is 123 Å². The molecule has 362 valence electrons. The first-order valence-electron chi connectivity index (χ1n) is 25.7. The van der Waals surface area contributed by atoms with E-state index in [1.807, 2.05) is 54.6 Å². The molecule has 7 aromatic rings. The van der Waals surface area contributed by atoms with Gasteiger partial charge < -0.3 is 14.4 Å². The summed E-state index contributed by atoms with van der Waals surface area (Å²) >= 11 is 3.86. The summed E-state index contributed by atoms with van der Waals surface area (Å²) in [4.78, 5) is 16.3. The van der Waals surface area contributed by atoms with Crippen molar-refractivity contribution in [3.8, 4) is 22.6 Å². The maximum Gasteiger partial charge on any atom is 0.343 e. The van der Waals surface area contributed by atoms with E-state index in [1.54, 1.807) is 24.3 Å².